The summed E-state index contributed by atoms with van der Waals surface area (Å²) in [6.07, 6.45) is 0. The van der Waals surface area contributed by atoms with Crippen molar-refractivity contribution in [2.24, 2.45) is 0 Å². The summed E-state index contributed by atoms with van der Waals surface area (Å²) < 4.78 is 10.4. The average molecular weight is 309 g/mol. The van der Waals surface area contributed by atoms with E-state index in [1.807, 2.05) is 30.1 Å². The van der Waals surface area contributed by atoms with Gasteiger partial charge in [-0.3, -0.25) is 14.5 Å². The van der Waals surface area contributed by atoms with E-state index in [2.05, 4.69) is 10.6 Å². The molecule has 1 rings (SSSR count). The van der Waals surface area contributed by atoms with E-state index in [4.69, 9.17) is 9.47 Å². The van der Waals surface area contributed by atoms with Gasteiger partial charge in [-0.2, -0.15) is 0 Å². The number of ether oxygens (including phenoxy) is 2. The molecular formula is C15H23N3O4. The van der Waals surface area contributed by atoms with Crippen LogP contribution in [0.4, 0.5) is 0 Å². The van der Waals surface area contributed by atoms with E-state index in [-0.39, 0.29) is 24.9 Å². The third-order valence-corrected chi connectivity index (χ3v) is 3.04. The number of carbonyl (C=O) groups excluding carboxylic acids is 2. The zero-order valence-electron chi connectivity index (χ0n) is 13.4. The third-order valence-electron chi connectivity index (χ3n) is 3.04. The van der Waals surface area contributed by atoms with Crippen LogP contribution in [-0.4, -0.2) is 58.1 Å². The van der Waals surface area contributed by atoms with Crippen molar-refractivity contribution in [2.45, 2.75) is 6.54 Å². The summed E-state index contributed by atoms with van der Waals surface area (Å²) in [5, 5.41) is 5.00. The van der Waals surface area contributed by atoms with E-state index >= 15 is 0 Å². The van der Waals surface area contributed by atoms with E-state index in [1.54, 1.807) is 14.2 Å². The molecule has 1 aromatic carbocycles. The van der Waals surface area contributed by atoms with Crippen molar-refractivity contribution in [3.63, 3.8) is 0 Å². The number of nitrogens with zero attached hydrogens (tertiary/aromatic N) is 1. The summed E-state index contributed by atoms with van der Waals surface area (Å²) in [5.41, 5.74) is 0.999. The Morgan fingerprint density at radius 1 is 1.14 bits per heavy atom. The van der Waals surface area contributed by atoms with Crippen LogP contribution in [0.25, 0.3) is 0 Å². The molecule has 0 bridgehead atoms. The molecule has 2 N–H and O–H groups in total. The van der Waals surface area contributed by atoms with Crippen molar-refractivity contribution < 1.29 is 19.1 Å². The number of nitrogens with one attached hydrogen (secondary N) is 2. The first-order valence-electron chi connectivity index (χ1n) is 6.86. The van der Waals surface area contributed by atoms with Crippen molar-refractivity contribution >= 4 is 11.8 Å². The van der Waals surface area contributed by atoms with Crippen LogP contribution in [0.1, 0.15) is 5.56 Å². The zero-order chi connectivity index (χ0) is 16.5. The standard InChI is InChI=1S/C15H23N3O4/c1-16-14(19)8-17-15(20)10-18(2)9-11-5-6-12(21-3)13(7-11)22-4/h5-7H,8-10H2,1-4H3,(H,16,19)(H,17,20). The van der Waals surface area contributed by atoms with Crippen LogP contribution in [0, 0.1) is 0 Å². The second-order valence-corrected chi connectivity index (χ2v) is 4.81. The van der Waals surface area contributed by atoms with Gasteiger partial charge in [-0.1, -0.05) is 6.07 Å². The van der Waals surface area contributed by atoms with Crippen LogP contribution in [0.3, 0.4) is 0 Å². The Bertz CT molecular complexity index is 520. The predicted octanol–water partition coefficient (Wildman–Crippen LogP) is -0.00220. The van der Waals surface area contributed by atoms with Crippen molar-refractivity contribution in [1.82, 2.24) is 15.5 Å². The monoisotopic (exact) mass is 309 g/mol. The summed E-state index contributed by atoms with van der Waals surface area (Å²) in [5.74, 6) is 0.886. The molecular weight excluding hydrogens is 286 g/mol. The van der Waals surface area contributed by atoms with Crippen molar-refractivity contribution in [2.75, 3.05) is 41.4 Å². The second kappa shape index (κ2) is 8.89. The minimum Gasteiger partial charge on any atom is -0.493 e. The van der Waals surface area contributed by atoms with Crippen molar-refractivity contribution in [3.05, 3.63) is 23.8 Å². The summed E-state index contributed by atoms with van der Waals surface area (Å²) in [7, 11) is 6.52. The van der Waals surface area contributed by atoms with Crippen LogP contribution in [-0.2, 0) is 16.1 Å². The Kier molecular flexibility index (Phi) is 7.18. The Morgan fingerprint density at radius 3 is 2.41 bits per heavy atom. The van der Waals surface area contributed by atoms with Gasteiger partial charge in [0.25, 0.3) is 0 Å². The Balaban J connectivity index is 2.52. The first kappa shape index (κ1) is 17.8. The molecule has 0 aliphatic carbocycles. The Morgan fingerprint density at radius 2 is 1.82 bits per heavy atom. The van der Waals surface area contributed by atoms with Crippen LogP contribution in [0.5, 0.6) is 11.5 Å². The van der Waals surface area contributed by atoms with Gasteiger partial charge in [0.1, 0.15) is 0 Å². The highest BCUT2D eigenvalue weighted by atomic mass is 16.5. The van der Waals surface area contributed by atoms with Crippen molar-refractivity contribution in [1.29, 1.82) is 0 Å². The summed E-state index contributed by atoms with van der Waals surface area (Å²) >= 11 is 0. The van der Waals surface area contributed by atoms with Crippen LogP contribution in [0.15, 0.2) is 18.2 Å². The number of carbonyl (C=O) groups is 2. The van der Waals surface area contributed by atoms with Crippen LogP contribution in [0.2, 0.25) is 0 Å². The largest absolute Gasteiger partial charge is 0.493 e. The fraction of sp³-hybridized carbons (Fsp3) is 0.467. The molecule has 0 aromatic heterocycles. The van der Waals surface area contributed by atoms with E-state index < -0.39 is 0 Å². The number of hydrogen-bond acceptors (Lipinski definition) is 5. The van der Waals surface area contributed by atoms with Crippen LogP contribution >= 0.6 is 0 Å². The van der Waals surface area contributed by atoms with Gasteiger partial charge in [0, 0.05) is 13.6 Å². The highest BCUT2D eigenvalue weighted by molar-refractivity contribution is 5.85. The molecule has 7 heteroatoms. The van der Waals surface area contributed by atoms with Gasteiger partial charge in [-0.15, -0.1) is 0 Å². The van der Waals surface area contributed by atoms with Gasteiger partial charge < -0.3 is 20.1 Å². The SMILES string of the molecule is CNC(=O)CNC(=O)CN(C)Cc1ccc(OC)c(OC)c1. The number of methoxy groups -OCH3 is 2. The first-order valence-corrected chi connectivity index (χ1v) is 6.86. The van der Waals surface area contributed by atoms with E-state index in [0.717, 1.165) is 5.56 Å². The molecule has 22 heavy (non-hydrogen) atoms. The quantitative estimate of drug-likeness (QED) is 0.706. The molecule has 7 nitrogen and oxygen atoms in total. The lowest BCUT2D eigenvalue weighted by Crippen LogP contribution is -2.40. The van der Waals surface area contributed by atoms with Gasteiger partial charge in [0.15, 0.2) is 11.5 Å². The van der Waals surface area contributed by atoms with Crippen molar-refractivity contribution in [3.8, 4) is 11.5 Å². The first-order chi connectivity index (χ1) is 10.5. The molecule has 0 radical (unpaired) electrons. The van der Waals surface area contributed by atoms with Gasteiger partial charge >= 0.3 is 0 Å². The van der Waals surface area contributed by atoms with Gasteiger partial charge in [0.2, 0.25) is 11.8 Å². The van der Waals surface area contributed by atoms with E-state index in [9.17, 15) is 9.59 Å². The Labute approximate surface area is 130 Å². The lowest BCUT2D eigenvalue weighted by molar-refractivity contribution is -0.126. The second-order valence-electron chi connectivity index (χ2n) is 4.81. The summed E-state index contributed by atoms with van der Waals surface area (Å²) in [6.45, 7) is 0.763. The molecule has 0 aliphatic rings. The van der Waals surface area contributed by atoms with Gasteiger partial charge in [-0.25, -0.2) is 0 Å². The molecule has 0 atom stereocenters. The maximum absolute atomic E-state index is 11.7. The maximum atomic E-state index is 11.7. The van der Waals surface area contributed by atoms with Crippen LogP contribution < -0.4 is 20.1 Å². The number of rotatable bonds is 8. The topological polar surface area (TPSA) is 79.9 Å². The number of hydrogen-bond donors (Lipinski definition) is 2. The highest BCUT2D eigenvalue weighted by Crippen LogP contribution is 2.27. The molecule has 0 fully saturated rings. The fourth-order valence-electron chi connectivity index (χ4n) is 1.91. The molecule has 0 spiro atoms. The molecule has 0 saturated heterocycles. The maximum Gasteiger partial charge on any atom is 0.239 e. The average Bonchev–Trinajstić information content (AvgIpc) is 2.52. The number of benzene rings is 1. The fourth-order valence-corrected chi connectivity index (χ4v) is 1.91. The lowest BCUT2D eigenvalue weighted by atomic mass is 10.2. The Hall–Kier alpha value is -2.28. The number of likely N-dealkylation sites (N-methyl/N-ethyl adjacent to an activating group) is 2. The summed E-state index contributed by atoms with van der Waals surface area (Å²) in [4.78, 5) is 24.6. The van der Waals surface area contributed by atoms with E-state index in [1.165, 1.54) is 7.05 Å². The lowest BCUT2D eigenvalue weighted by Gasteiger charge is -2.17. The normalized spacial score (nSPS) is 10.2. The predicted molar refractivity (Wildman–Crippen MR) is 83.0 cm³/mol. The van der Waals surface area contributed by atoms with E-state index in [0.29, 0.717) is 18.0 Å². The molecule has 0 unspecified atom stereocenters. The number of amides is 2. The molecule has 0 heterocycles. The highest BCUT2D eigenvalue weighted by Gasteiger charge is 2.10. The molecule has 122 valence electrons. The smallest absolute Gasteiger partial charge is 0.239 e. The minimum atomic E-state index is -0.226. The third kappa shape index (κ3) is 5.61. The minimum absolute atomic E-state index is 0.0144. The molecule has 0 aliphatic heterocycles. The van der Waals surface area contributed by atoms with Gasteiger partial charge in [0.05, 0.1) is 27.3 Å². The molecule has 0 saturated carbocycles. The molecule has 2 amide bonds. The zero-order valence-corrected chi connectivity index (χ0v) is 13.4. The van der Waals surface area contributed by atoms with Gasteiger partial charge in [-0.05, 0) is 24.7 Å². The molecule has 1 aromatic rings. The summed E-state index contributed by atoms with van der Waals surface area (Å²) in [6, 6.07) is 5.62.